The lowest BCUT2D eigenvalue weighted by atomic mass is 10.2. The maximum absolute atomic E-state index is 12.1. The highest BCUT2D eigenvalue weighted by Crippen LogP contribution is 2.16. The van der Waals surface area contributed by atoms with E-state index in [0.717, 1.165) is 12.0 Å². The van der Waals surface area contributed by atoms with Crippen molar-refractivity contribution in [2.75, 3.05) is 5.32 Å². The van der Waals surface area contributed by atoms with E-state index in [9.17, 15) is 13.2 Å². The third-order valence-electron chi connectivity index (χ3n) is 3.94. The van der Waals surface area contributed by atoms with Crippen molar-refractivity contribution in [1.29, 1.82) is 0 Å². The van der Waals surface area contributed by atoms with Crippen LogP contribution in [0.4, 0.5) is 5.82 Å². The molecule has 0 aliphatic heterocycles. The summed E-state index contributed by atoms with van der Waals surface area (Å²) in [6.07, 6.45) is 5.59. The van der Waals surface area contributed by atoms with Gasteiger partial charge in [0, 0.05) is 18.2 Å². The normalized spacial score (nSPS) is 13.2. The Balaban J connectivity index is 2.04. The first-order valence-corrected chi connectivity index (χ1v) is 10.4. The topological polar surface area (TPSA) is 93.1 Å². The average molecular weight is 391 g/mol. The highest BCUT2D eigenvalue weighted by atomic mass is 32.2. The van der Waals surface area contributed by atoms with Gasteiger partial charge in [-0.2, -0.15) is 5.10 Å². The number of hydrogen-bond acceptors (Lipinski definition) is 4. The Bertz CT molecular complexity index is 899. The van der Waals surface area contributed by atoms with Crippen molar-refractivity contribution in [2.24, 2.45) is 0 Å². The maximum Gasteiger partial charge on any atom is 0.249 e. The molecule has 1 amide bonds. The number of sulfonamides is 1. The third-order valence-corrected chi connectivity index (χ3v) is 5.61. The van der Waals surface area contributed by atoms with Crippen LogP contribution >= 0.6 is 0 Å². The van der Waals surface area contributed by atoms with Crippen molar-refractivity contribution in [3.8, 4) is 0 Å². The molecule has 146 valence electrons. The zero-order valence-electron chi connectivity index (χ0n) is 16.0. The molecule has 27 heavy (non-hydrogen) atoms. The van der Waals surface area contributed by atoms with Crippen molar-refractivity contribution in [3.05, 3.63) is 48.2 Å². The van der Waals surface area contributed by atoms with E-state index in [1.54, 1.807) is 49.0 Å². The average Bonchev–Trinajstić information content (AvgIpc) is 3.06. The van der Waals surface area contributed by atoms with Gasteiger partial charge in [-0.15, -0.1) is 0 Å². The lowest BCUT2D eigenvalue weighted by Gasteiger charge is -2.13. The minimum absolute atomic E-state index is 0.179. The van der Waals surface area contributed by atoms with Crippen molar-refractivity contribution in [2.45, 2.75) is 51.1 Å². The van der Waals surface area contributed by atoms with Gasteiger partial charge in [0.1, 0.15) is 5.82 Å². The van der Waals surface area contributed by atoms with Crippen LogP contribution in [-0.2, 0) is 14.8 Å². The van der Waals surface area contributed by atoms with Crippen molar-refractivity contribution >= 4 is 27.8 Å². The Morgan fingerprint density at radius 1 is 1.19 bits per heavy atom. The Kier molecular flexibility index (Phi) is 6.92. The molecule has 0 saturated heterocycles. The van der Waals surface area contributed by atoms with Gasteiger partial charge in [-0.1, -0.05) is 19.1 Å². The Morgan fingerprint density at radius 2 is 1.85 bits per heavy atom. The molecule has 1 unspecified atom stereocenters. The summed E-state index contributed by atoms with van der Waals surface area (Å²) >= 11 is 0. The molecule has 0 radical (unpaired) electrons. The summed E-state index contributed by atoms with van der Waals surface area (Å²) in [5.74, 6) is 0.360. The van der Waals surface area contributed by atoms with E-state index >= 15 is 0 Å². The van der Waals surface area contributed by atoms with Crippen LogP contribution in [0.5, 0.6) is 0 Å². The largest absolute Gasteiger partial charge is 0.307 e. The molecule has 7 nitrogen and oxygen atoms in total. The van der Waals surface area contributed by atoms with Crippen molar-refractivity contribution in [3.63, 3.8) is 0 Å². The number of nitrogens with one attached hydrogen (secondary N) is 2. The number of hydrogen-bond donors (Lipinski definition) is 2. The van der Waals surface area contributed by atoms with Crippen LogP contribution in [-0.4, -0.2) is 30.1 Å². The number of amides is 1. The second kappa shape index (κ2) is 8.96. The van der Waals surface area contributed by atoms with E-state index < -0.39 is 10.0 Å². The summed E-state index contributed by atoms with van der Waals surface area (Å²) in [4.78, 5) is 12.3. The molecule has 0 fully saturated rings. The number of rotatable bonds is 8. The smallest absolute Gasteiger partial charge is 0.249 e. The Morgan fingerprint density at radius 3 is 2.44 bits per heavy atom. The van der Waals surface area contributed by atoms with E-state index in [4.69, 9.17) is 0 Å². The summed E-state index contributed by atoms with van der Waals surface area (Å²) in [6, 6.07) is 8.10. The first-order chi connectivity index (χ1) is 12.7. The summed E-state index contributed by atoms with van der Waals surface area (Å²) in [5.41, 5.74) is 0.726. The molecule has 0 saturated carbocycles. The summed E-state index contributed by atoms with van der Waals surface area (Å²) < 4.78 is 28.5. The number of carbonyl (C=O) groups excluding carboxylic acids is 1. The van der Waals surface area contributed by atoms with Gasteiger partial charge in [-0.05, 0) is 51.0 Å². The highest BCUT2D eigenvalue weighted by Gasteiger charge is 2.14. The van der Waals surface area contributed by atoms with E-state index in [0.29, 0.717) is 5.82 Å². The van der Waals surface area contributed by atoms with Crippen LogP contribution in [0.15, 0.2) is 47.5 Å². The molecule has 0 aliphatic carbocycles. The van der Waals surface area contributed by atoms with Crippen LogP contribution in [0.25, 0.3) is 6.08 Å². The second-order valence-corrected chi connectivity index (χ2v) is 8.30. The summed E-state index contributed by atoms with van der Waals surface area (Å²) in [6.45, 7) is 7.61. The van der Waals surface area contributed by atoms with Gasteiger partial charge in [-0.3, -0.25) is 4.79 Å². The number of anilines is 1. The predicted octanol–water partition coefficient (Wildman–Crippen LogP) is 3.19. The van der Waals surface area contributed by atoms with Gasteiger partial charge >= 0.3 is 0 Å². The molecule has 0 bridgehead atoms. The second-order valence-electron chi connectivity index (χ2n) is 6.59. The third kappa shape index (κ3) is 5.77. The summed E-state index contributed by atoms with van der Waals surface area (Å²) in [7, 11) is -3.52. The van der Waals surface area contributed by atoms with Crippen molar-refractivity contribution < 1.29 is 13.2 Å². The maximum atomic E-state index is 12.1. The standard InChI is InChI=1S/C19H26N4O3S/c1-5-15(4)23-18(12-13-20-23)21-19(24)11-8-16-6-9-17(10-7-16)27(25,26)22-14(2)3/h6-15,22H,5H2,1-4H3,(H,21,24). The van der Waals surface area contributed by atoms with Crippen LogP contribution < -0.4 is 10.0 Å². The van der Waals surface area contributed by atoms with Gasteiger partial charge in [0.25, 0.3) is 0 Å². The Labute approximate surface area is 160 Å². The van der Waals surface area contributed by atoms with Gasteiger partial charge < -0.3 is 5.32 Å². The van der Waals surface area contributed by atoms with Gasteiger partial charge in [0.15, 0.2) is 0 Å². The van der Waals surface area contributed by atoms with Crippen LogP contribution in [0, 0.1) is 0 Å². The highest BCUT2D eigenvalue weighted by molar-refractivity contribution is 7.89. The number of nitrogens with zero attached hydrogens (tertiary/aromatic N) is 2. The van der Waals surface area contributed by atoms with E-state index in [2.05, 4.69) is 22.1 Å². The number of carbonyl (C=O) groups is 1. The predicted molar refractivity (Wildman–Crippen MR) is 107 cm³/mol. The molecular formula is C19H26N4O3S. The van der Waals surface area contributed by atoms with E-state index in [1.807, 2.05) is 6.92 Å². The molecule has 1 heterocycles. The quantitative estimate of drug-likeness (QED) is 0.677. The minimum atomic E-state index is -3.52. The molecule has 1 atom stereocenters. The lowest BCUT2D eigenvalue weighted by molar-refractivity contribution is -0.111. The fraction of sp³-hybridized carbons (Fsp3) is 0.368. The molecule has 2 aromatic rings. The van der Waals surface area contributed by atoms with Gasteiger partial charge in [0.2, 0.25) is 15.9 Å². The monoisotopic (exact) mass is 390 g/mol. The molecule has 8 heteroatoms. The fourth-order valence-electron chi connectivity index (χ4n) is 2.41. The summed E-state index contributed by atoms with van der Waals surface area (Å²) in [5, 5.41) is 7.03. The SMILES string of the molecule is CCC(C)n1nccc1NC(=O)C=Cc1ccc(S(=O)(=O)NC(C)C)cc1. The lowest BCUT2D eigenvalue weighted by Crippen LogP contribution is -2.30. The number of benzene rings is 1. The van der Waals surface area contributed by atoms with Crippen molar-refractivity contribution in [1.82, 2.24) is 14.5 Å². The fourth-order valence-corrected chi connectivity index (χ4v) is 3.66. The molecule has 1 aromatic heterocycles. The van der Waals surface area contributed by atoms with Crippen LogP contribution in [0.1, 0.15) is 45.7 Å². The molecule has 0 aliphatic rings. The van der Waals surface area contributed by atoms with E-state index in [-0.39, 0.29) is 22.9 Å². The first-order valence-electron chi connectivity index (χ1n) is 8.88. The van der Waals surface area contributed by atoms with Gasteiger partial charge in [0.05, 0.1) is 17.1 Å². The Hall–Kier alpha value is -2.45. The van der Waals surface area contributed by atoms with E-state index in [1.165, 1.54) is 18.2 Å². The molecule has 0 spiro atoms. The molecule has 2 N–H and O–H groups in total. The zero-order chi connectivity index (χ0) is 20.0. The number of aromatic nitrogens is 2. The minimum Gasteiger partial charge on any atom is -0.307 e. The molecule has 1 aromatic carbocycles. The molecular weight excluding hydrogens is 364 g/mol. The first kappa shape index (κ1) is 20.9. The van der Waals surface area contributed by atoms with Gasteiger partial charge in [-0.25, -0.2) is 17.8 Å². The van der Waals surface area contributed by atoms with Crippen LogP contribution in [0.3, 0.4) is 0 Å². The molecule has 2 rings (SSSR count). The zero-order valence-corrected chi connectivity index (χ0v) is 16.8. The van der Waals surface area contributed by atoms with Crippen LogP contribution in [0.2, 0.25) is 0 Å².